The maximum Gasteiger partial charge on any atom is 0.160 e. The summed E-state index contributed by atoms with van der Waals surface area (Å²) >= 11 is 0. The summed E-state index contributed by atoms with van der Waals surface area (Å²) in [6.45, 7) is 5.21. The van der Waals surface area contributed by atoms with Crippen molar-refractivity contribution in [1.29, 1.82) is 0 Å². The van der Waals surface area contributed by atoms with Gasteiger partial charge in [0.1, 0.15) is 17.8 Å². The van der Waals surface area contributed by atoms with Crippen LogP contribution >= 0.6 is 0 Å². The average Bonchev–Trinajstić information content (AvgIpc) is 2.52. The molecule has 0 aliphatic carbocycles. The molecule has 1 atom stereocenters. The monoisotopic (exact) mass is 298 g/mol. The Morgan fingerprint density at radius 2 is 2.09 bits per heavy atom. The summed E-state index contributed by atoms with van der Waals surface area (Å²) in [7, 11) is 0. The first-order valence-electron chi connectivity index (χ1n) is 7.72. The molecule has 3 rings (SSSR count). The van der Waals surface area contributed by atoms with Crippen molar-refractivity contribution in [2.24, 2.45) is 0 Å². The second kappa shape index (κ2) is 6.17. The highest BCUT2D eigenvalue weighted by Crippen LogP contribution is 2.32. The minimum atomic E-state index is 0.454. The molecule has 0 radical (unpaired) electrons. The number of aromatic nitrogens is 3. The molecule has 3 N–H and O–H groups in total. The second-order valence-corrected chi connectivity index (χ2v) is 5.79. The van der Waals surface area contributed by atoms with E-state index in [1.165, 1.54) is 19.3 Å². The van der Waals surface area contributed by atoms with Crippen LogP contribution < -0.4 is 16.0 Å². The average molecular weight is 298 g/mol. The predicted molar refractivity (Wildman–Crippen MR) is 89.4 cm³/mol. The Labute approximate surface area is 130 Å². The van der Waals surface area contributed by atoms with E-state index in [-0.39, 0.29) is 0 Å². The van der Waals surface area contributed by atoms with Crippen molar-refractivity contribution in [3.05, 3.63) is 30.2 Å². The van der Waals surface area contributed by atoms with E-state index in [4.69, 9.17) is 5.73 Å². The number of rotatable bonds is 3. The highest BCUT2D eigenvalue weighted by atomic mass is 15.2. The molecule has 1 saturated heterocycles. The SMILES string of the molecule is Cc1cccnc1Nc1ncnc(N2CCCCC2C)c1N. The quantitative estimate of drug-likeness (QED) is 0.907. The van der Waals surface area contributed by atoms with E-state index in [1.54, 1.807) is 12.5 Å². The van der Waals surface area contributed by atoms with Crippen molar-refractivity contribution in [3.63, 3.8) is 0 Å². The predicted octanol–water partition coefficient (Wildman–Crippen LogP) is 2.88. The van der Waals surface area contributed by atoms with E-state index < -0.39 is 0 Å². The number of nitrogens with two attached hydrogens (primary N) is 1. The number of nitrogens with zero attached hydrogens (tertiary/aromatic N) is 4. The summed E-state index contributed by atoms with van der Waals surface area (Å²) in [5.41, 5.74) is 7.95. The molecule has 116 valence electrons. The van der Waals surface area contributed by atoms with Gasteiger partial charge >= 0.3 is 0 Å². The first-order valence-corrected chi connectivity index (χ1v) is 7.72. The standard InChI is InChI=1S/C16H22N6/c1-11-6-5-8-18-14(11)21-15-13(17)16(20-10-19-15)22-9-4-3-7-12(22)2/h5-6,8,10,12H,3-4,7,9,17H2,1-2H3,(H,18,19,20,21). The van der Waals surface area contributed by atoms with E-state index in [9.17, 15) is 0 Å². The van der Waals surface area contributed by atoms with Crippen LogP contribution in [-0.4, -0.2) is 27.5 Å². The van der Waals surface area contributed by atoms with Gasteiger partial charge in [-0.05, 0) is 44.7 Å². The zero-order valence-corrected chi connectivity index (χ0v) is 13.1. The number of nitrogens with one attached hydrogen (secondary N) is 1. The third-order valence-corrected chi connectivity index (χ3v) is 4.18. The summed E-state index contributed by atoms with van der Waals surface area (Å²) in [4.78, 5) is 15.3. The van der Waals surface area contributed by atoms with Gasteiger partial charge in [-0.15, -0.1) is 0 Å². The number of nitrogen functional groups attached to an aromatic ring is 1. The summed E-state index contributed by atoms with van der Waals surface area (Å²) in [6, 6.07) is 4.36. The van der Waals surface area contributed by atoms with Crippen LogP contribution in [0.25, 0.3) is 0 Å². The lowest BCUT2D eigenvalue weighted by Crippen LogP contribution is -2.38. The fourth-order valence-electron chi connectivity index (χ4n) is 2.86. The number of hydrogen-bond donors (Lipinski definition) is 2. The smallest absolute Gasteiger partial charge is 0.160 e. The first kappa shape index (κ1) is 14.6. The molecule has 6 heteroatoms. The molecule has 22 heavy (non-hydrogen) atoms. The van der Waals surface area contributed by atoms with Gasteiger partial charge in [0, 0.05) is 18.8 Å². The summed E-state index contributed by atoms with van der Waals surface area (Å²) in [5, 5.41) is 3.22. The van der Waals surface area contributed by atoms with Crippen LogP contribution in [0.1, 0.15) is 31.7 Å². The fourth-order valence-corrected chi connectivity index (χ4v) is 2.86. The van der Waals surface area contributed by atoms with Crippen molar-refractivity contribution in [2.75, 3.05) is 22.5 Å². The van der Waals surface area contributed by atoms with Crippen molar-refractivity contribution < 1.29 is 0 Å². The summed E-state index contributed by atoms with van der Waals surface area (Å²) in [6.07, 6.45) is 6.93. The van der Waals surface area contributed by atoms with Gasteiger partial charge in [0.05, 0.1) is 0 Å². The first-order chi connectivity index (χ1) is 10.7. The molecule has 0 spiro atoms. The molecule has 0 amide bonds. The Hall–Kier alpha value is -2.37. The normalized spacial score (nSPS) is 18.3. The van der Waals surface area contributed by atoms with Crippen molar-refractivity contribution >= 4 is 23.1 Å². The minimum Gasteiger partial charge on any atom is -0.393 e. The largest absolute Gasteiger partial charge is 0.393 e. The molecule has 6 nitrogen and oxygen atoms in total. The van der Waals surface area contributed by atoms with E-state index in [1.807, 2.05) is 19.1 Å². The van der Waals surface area contributed by atoms with Gasteiger partial charge in [-0.1, -0.05) is 6.07 Å². The highest BCUT2D eigenvalue weighted by Gasteiger charge is 2.23. The number of pyridine rings is 1. The Balaban J connectivity index is 1.90. The van der Waals surface area contributed by atoms with Crippen molar-refractivity contribution in [2.45, 2.75) is 39.2 Å². The minimum absolute atomic E-state index is 0.454. The van der Waals surface area contributed by atoms with Crippen LogP contribution in [0.15, 0.2) is 24.7 Å². The highest BCUT2D eigenvalue weighted by molar-refractivity contribution is 5.78. The van der Waals surface area contributed by atoms with E-state index >= 15 is 0 Å². The Morgan fingerprint density at radius 3 is 2.86 bits per heavy atom. The lowest BCUT2D eigenvalue weighted by atomic mass is 10.0. The van der Waals surface area contributed by atoms with Gasteiger partial charge in [-0.2, -0.15) is 0 Å². The Kier molecular flexibility index (Phi) is 4.09. The second-order valence-electron chi connectivity index (χ2n) is 5.79. The van der Waals surface area contributed by atoms with E-state index in [0.29, 0.717) is 17.5 Å². The van der Waals surface area contributed by atoms with Gasteiger partial charge in [0.15, 0.2) is 11.6 Å². The molecular formula is C16H22N6. The van der Waals surface area contributed by atoms with Crippen molar-refractivity contribution in [1.82, 2.24) is 15.0 Å². The van der Waals surface area contributed by atoms with Crippen LogP contribution in [0.2, 0.25) is 0 Å². The topological polar surface area (TPSA) is 80.0 Å². The molecular weight excluding hydrogens is 276 g/mol. The maximum atomic E-state index is 6.32. The van der Waals surface area contributed by atoms with Crippen LogP contribution in [0, 0.1) is 6.92 Å². The van der Waals surface area contributed by atoms with E-state index in [2.05, 4.69) is 32.1 Å². The van der Waals surface area contributed by atoms with Crippen molar-refractivity contribution in [3.8, 4) is 0 Å². The zero-order valence-electron chi connectivity index (χ0n) is 13.1. The Morgan fingerprint density at radius 1 is 1.23 bits per heavy atom. The molecule has 2 aromatic heterocycles. The third-order valence-electron chi connectivity index (χ3n) is 4.18. The molecule has 1 aliphatic heterocycles. The fraction of sp³-hybridized carbons (Fsp3) is 0.438. The van der Waals surface area contributed by atoms with Crippen LogP contribution in [0.4, 0.5) is 23.1 Å². The van der Waals surface area contributed by atoms with Crippen LogP contribution in [0.5, 0.6) is 0 Å². The number of aryl methyl sites for hydroxylation is 1. The van der Waals surface area contributed by atoms with E-state index in [0.717, 1.165) is 23.7 Å². The van der Waals surface area contributed by atoms with Crippen LogP contribution in [-0.2, 0) is 0 Å². The Bertz CT molecular complexity index is 657. The number of piperidine rings is 1. The molecule has 1 aliphatic rings. The molecule has 1 unspecified atom stereocenters. The molecule has 0 bridgehead atoms. The maximum absolute atomic E-state index is 6.32. The third kappa shape index (κ3) is 2.81. The zero-order chi connectivity index (χ0) is 15.5. The summed E-state index contributed by atoms with van der Waals surface area (Å²) in [5.74, 6) is 2.20. The lowest BCUT2D eigenvalue weighted by molar-refractivity contribution is 0.481. The molecule has 3 heterocycles. The molecule has 0 aromatic carbocycles. The number of hydrogen-bond acceptors (Lipinski definition) is 6. The summed E-state index contributed by atoms with van der Waals surface area (Å²) < 4.78 is 0. The number of anilines is 4. The lowest BCUT2D eigenvalue weighted by Gasteiger charge is -2.35. The molecule has 2 aromatic rings. The van der Waals surface area contributed by atoms with Gasteiger partial charge < -0.3 is 16.0 Å². The van der Waals surface area contributed by atoms with Gasteiger partial charge in [0.2, 0.25) is 0 Å². The van der Waals surface area contributed by atoms with Crippen LogP contribution in [0.3, 0.4) is 0 Å². The van der Waals surface area contributed by atoms with Gasteiger partial charge in [-0.3, -0.25) is 0 Å². The van der Waals surface area contributed by atoms with Gasteiger partial charge in [-0.25, -0.2) is 15.0 Å². The van der Waals surface area contributed by atoms with Gasteiger partial charge in [0.25, 0.3) is 0 Å². The molecule has 0 saturated carbocycles. The molecule has 1 fully saturated rings.